The fraction of sp³-hybridized carbons (Fsp3) is 0.300. The number of benzene rings is 1. The van der Waals surface area contributed by atoms with Crippen molar-refractivity contribution >= 4 is 34.8 Å². The molecule has 1 aromatic carbocycles. The van der Waals surface area contributed by atoms with Gasteiger partial charge < -0.3 is 10.1 Å². The number of rotatable bonds is 4. The first-order valence-corrected chi connectivity index (χ1v) is 5.50. The van der Waals surface area contributed by atoms with Crippen molar-refractivity contribution < 1.29 is 27.1 Å². The summed E-state index contributed by atoms with van der Waals surface area (Å²) in [6.45, 7) is 1.19. The Kier molecular flexibility index (Phi) is 4.86. The largest absolute Gasteiger partial charge is 0.461 e. The molecule has 1 rings (SSSR count). The van der Waals surface area contributed by atoms with Crippen LogP contribution in [-0.2, 0) is 4.79 Å². The van der Waals surface area contributed by atoms with Gasteiger partial charge in [-0.25, -0.2) is 0 Å². The Morgan fingerprint density at radius 3 is 2.37 bits per heavy atom. The van der Waals surface area contributed by atoms with Crippen LogP contribution in [-0.4, -0.2) is 18.4 Å². The number of anilines is 1. The molecule has 0 aromatic heterocycles. The van der Waals surface area contributed by atoms with Crippen LogP contribution < -0.4 is 10.1 Å². The molecule has 0 unspecified atom stereocenters. The van der Waals surface area contributed by atoms with E-state index in [1.165, 1.54) is 6.92 Å². The molecule has 0 spiro atoms. The molecule has 3 nitrogen and oxygen atoms in total. The maximum absolute atomic E-state index is 12.7. The Morgan fingerprint density at radius 2 is 1.89 bits per heavy atom. The van der Waals surface area contributed by atoms with Gasteiger partial charge in [0, 0.05) is 13.0 Å². The Hall–Kier alpha value is -1.21. The molecule has 1 aromatic rings. The molecule has 106 valence electrons. The van der Waals surface area contributed by atoms with E-state index in [2.05, 4.69) is 10.1 Å². The molecule has 9 heteroatoms. The predicted molar refractivity (Wildman–Crippen MR) is 62.3 cm³/mol. The zero-order valence-electron chi connectivity index (χ0n) is 9.32. The highest BCUT2D eigenvalue weighted by atomic mass is 35.5. The minimum Gasteiger partial charge on any atom is -0.427 e. The molecule has 1 N–H and O–H groups in total. The highest BCUT2D eigenvalue weighted by Gasteiger charge is 2.44. The summed E-state index contributed by atoms with van der Waals surface area (Å²) in [5.74, 6) is -1.18. The van der Waals surface area contributed by atoms with Crippen molar-refractivity contribution in [3.8, 4) is 5.75 Å². The molecule has 0 aliphatic carbocycles. The van der Waals surface area contributed by atoms with Gasteiger partial charge in [-0.15, -0.1) is 0 Å². The molecule has 0 atom stereocenters. The maximum Gasteiger partial charge on any atom is 0.461 e. The van der Waals surface area contributed by atoms with Crippen molar-refractivity contribution in [1.29, 1.82) is 0 Å². The third-order valence-electron chi connectivity index (χ3n) is 1.83. The van der Waals surface area contributed by atoms with Gasteiger partial charge in [0.15, 0.2) is 0 Å². The second kappa shape index (κ2) is 5.83. The van der Waals surface area contributed by atoms with Crippen LogP contribution in [0, 0.1) is 0 Å². The maximum atomic E-state index is 12.7. The third-order valence-corrected chi connectivity index (χ3v) is 2.44. The van der Waals surface area contributed by atoms with Gasteiger partial charge in [-0.3, -0.25) is 4.79 Å². The van der Waals surface area contributed by atoms with Gasteiger partial charge in [0.25, 0.3) is 0 Å². The Labute approximate surface area is 115 Å². The summed E-state index contributed by atoms with van der Waals surface area (Å²) in [6.07, 6.45) is -8.71. The monoisotopic (exact) mass is 319 g/mol. The van der Waals surface area contributed by atoms with E-state index in [1.54, 1.807) is 0 Å². The van der Waals surface area contributed by atoms with E-state index in [0.717, 1.165) is 12.1 Å². The minimum absolute atomic E-state index is 0.0480. The fourth-order valence-corrected chi connectivity index (χ4v) is 1.49. The zero-order chi connectivity index (χ0) is 14.8. The smallest absolute Gasteiger partial charge is 0.427 e. The van der Waals surface area contributed by atoms with Gasteiger partial charge in [-0.05, 0) is 6.07 Å². The molecule has 0 fully saturated rings. The minimum atomic E-state index is -4.69. The Bertz CT molecular complexity index is 497. The molecule has 0 bridgehead atoms. The quantitative estimate of drug-likeness (QED) is 0.845. The number of hydrogen-bond donors (Lipinski definition) is 1. The van der Waals surface area contributed by atoms with Crippen LogP contribution in [0.1, 0.15) is 6.92 Å². The van der Waals surface area contributed by atoms with Crippen LogP contribution >= 0.6 is 23.2 Å². The lowest BCUT2D eigenvalue weighted by Gasteiger charge is -2.18. The molecule has 19 heavy (non-hydrogen) atoms. The number of carbonyl (C=O) groups is 1. The topological polar surface area (TPSA) is 38.3 Å². The summed E-state index contributed by atoms with van der Waals surface area (Å²) < 4.78 is 53.2. The van der Waals surface area contributed by atoms with Crippen LogP contribution in [0.5, 0.6) is 5.75 Å². The van der Waals surface area contributed by atoms with Crippen LogP contribution in [0.2, 0.25) is 10.0 Å². The number of ether oxygens (including phenoxy) is 1. The highest BCUT2D eigenvalue weighted by molar-refractivity contribution is 6.36. The van der Waals surface area contributed by atoms with E-state index in [0.29, 0.717) is 0 Å². The van der Waals surface area contributed by atoms with Crippen LogP contribution in [0.4, 0.5) is 23.2 Å². The predicted octanol–water partition coefficient (Wildman–Crippen LogP) is 4.19. The fourth-order valence-electron chi connectivity index (χ4n) is 1.08. The second-order valence-electron chi connectivity index (χ2n) is 3.41. The van der Waals surface area contributed by atoms with Gasteiger partial charge in [-0.2, -0.15) is 17.6 Å². The first-order valence-electron chi connectivity index (χ1n) is 4.75. The van der Waals surface area contributed by atoms with E-state index in [1.807, 2.05) is 0 Å². The van der Waals surface area contributed by atoms with E-state index < -0.39 is 29.2 Å². The first-order chi connectivity index (χ1) is 8.63. The van der Waals surface area contributed by atoms with Gasteiger partial charge in [0.2, 0.25) is 5.91 Å². The Balaban J connectivity index is 3.05. The summed E-state index contributed by atoms with van der Waals surface area (Å²) in [6, 6.07) is 1.83. The van der Waals surface area contributed by atoms with E-state index >= 15 is 0 Å². The van der Waals surface area contributed by atoms with Crippen molar-refractivity contribution in [2.45, 2.75) is 19.5 Å². The molecule has 0 aliphatic heterocycles. The van der Waals surface area contributed by atoms with Crippen LogP contribution in [0.3, 0.4) is 0 Å². The summed E-state index contributed by atoms with van der Waals surface area (Å²) in [4.78, 5) is 10.8. The number of nitrogens with one attached hydrogen (secondary N) is 1. The number of amides is 1. The molecule has 1 amide bonds. The normalized spacial score (nSPS) is 11.6. The van der Waals surface area contributed by atoms with Crippen molar-refractivity contribution in [3.05, 3.63) is 22.2 Å². The Morgan fingerprint density at radius 1 is 1.32 bits per heavy atom. The standard InChI is InChI=1S/C10H7Cl2F4NO2/c1-4(18)17-7-2-6(12)8(3-5(7)11)19-10(15,16)9(13)14/h2-3,9H,1H3,(H,17,18). The second-order valence-corrected chi connectivity index (χ2v) is 4.22. The highest BCUT2D eigenvalue weighted by Crippen LogP contribution is 2.38. The SMILES string of the molecule is CC(=O)Nc1cc(Cl)c(OC(F)(F)C(F)F)cc1Cl. The zero-order valence-corrected chi connectivity index (χ0v) is 10.8. The summed E-state index contributed by atoms with van der Waals surface area (Å²) in [5, 5.41) is 1.70. The van der Waals surface area contributed by atoms with Crippen molar-refractivity contribution in [2.75, 3.05) is 5.32 Å². The average molecular weight is 320 g/mol. The summed E-state index contributed by atoms with van der Waals surface area (Å²) in [7, 11) is 0. The van der Waals surface area contributed by atoms with E-state index in [9.17, 15) is 22.4 Å². The number of halogens is 6. The molecular formula is C10H7Cl2F4NO2. The van der Waals surface area contributed by atoms with Crippen molar-refractivity contribution in [3.63, 3.8) is 0 Å². The molecule has 0 saturated heterocycles. The lowest BCUT2D eigenvalue weighted by Crippen LogP contribution is -2.33. The first kappa shape index (κ1) is 15.8. The third kappa shape index (κ3) is 4.14. The number of hydrogen-bond acceptors (Lipinski definition) is 2. The molecular weight excluding hydrogens is 313 g/mol. The van der Waals surface area contributed by atoms with Crippen LogP contribution in [0.15, 0.2) is 12.1 Å². The molecule has 0 aliphatic rings. The van der Waals surface area contributed by atoms with Gasteiger partial charge in [-0.1, -0.05) is 23.2 Å². The van der Waals surface area contributed by atoms with Crippen molar-refractivity contribution in [1.82, 2.24) is 0 Å². The number of carbonyl (C=O) groups excluding carboxylic acids is 1. The van der Waals surface area contributed by atoms with E-state index in [-0.39, 0.29) is 10.7 Å². The van der Waals surface area contributed by atoms with Crippen molar-refractivity contribution in [2.24, 2.45) is 0 Å². The average Bonchev–Trinajstić information content (AvgIpc) is 2.24. The number of alkyl halides is 4. The summed E-state index contributed by atoms with van der Waals surface area (Å²) >= 11 is 11.3. The van der Waals surface area contributed by atoms with Gasteiger partial charge in [0.1, 0.15) is 5.75 Å². The van der Waals surface area contributed by atoms with Gasteiger partial charge >= 0.3 is 12.5 Å². The molecule has 0 saturated carbocycles. The summed E-state index contributed by atoms with van der Waals surface area (Å²) in [5.41, 5.74) is 0.0480. The van der Waals surface area contributed by atoms with E-state index in [4.69, 9.17) is 23.2 Å². The molecule has 0 radical (unpaired) electrons. The lowest BCUT2D eigenvalue weighted by molar-refractivity contribution is -0.253. The van der Waals surface area contributed by atoms with Gasteiger partial charge in [0.05, 0.1) is 15.7 Å². The molecule has 0 heterocycles. The lowest BCUT2D eigenvalue weighted by atomic mass is 10.3. The van der Waals surface area contributed by atoms with Crippen LogP contribution in [0.25, 0.3) is 0 Å².